The molecule has 0 N–H and O–H groups in total. The third-order valence-electron chi connectivity index (χ3n) is 4.69. The normalized spacial score (nSPS) is 15.3. The third kappa shape index (κ3) is 2.69. The standard InChI is InChI=1S/C18H22N2O3S/c1-9(17-11(3)24-12(4)19-17)20(5)18(22)15-10(2)23-14-8-6-7-13(21)16(14)15/h9H,6-8H2,1-5H3/t9-/m1/s1. The molecule has 0 saturated heterocycles. The van der Waals surface area contributed by atoms with E-state index in [2.05, 4.69) is 4.98 Å². The molecule has 0 radical (unpaired) electrons. The Hall–Kier alpha value is -1.95. The molecule has 2 aromatic rings. The molecule has 1 amide bonds. The second kappa shape index (κ2) is 6.16. The number of carbonyl (C=O) groups excluding carboxylic acids is 2. The molecule has 0 fully saturated rings. The SMILES string of the molecule is Cc1nc([C@@H](C)N(C)C(=O)c2c(C)oc3c2C(=O)CCC3)c(C)s1. The van der Waals surface area contributed by atoms with Crippen LogP contribution in [0.25, 0.3) is 0 Å². The molecule has 0 bridgehead atoms. The number of hydrogen-bond acceptors (Lipinski definition) is 5. The van der Waals surface area contributed by atoms with Crippen LogP contribution in [0.5, 0.6) is 0 Å². The van der Waals surface area contributed by atoms with Crippen molar-refractivity contribution in [3.05, 3.63) is 38.2 Å². The average molecular weight is 346 g/mol. The lowest BCUT2D eigenvalue weighted by atomic mass is 9.92. The number of nitrogens with zero attached hydrogens (tertiary/aromatic N) is 2. The van der Waals surface area contributed by atoms with Crippen molar-refractivity contribution in [2.45, 2.75) is 53.0 Å². The zero-order chi connectivity index (χ0) is 17.6. The van der Waals surface area contributed by atoms with Crippen LogP contribution in [0.15, 0.2) is 4.42 Å². The van der Waals surface area contributed by atoms with Crippen LogP contribution < -0.4 is 0 Å². The van der Waals surface area contributed by atoms with E-state index in [-0.39, 0.29) is 17.7 Å². The van der Waals surface area contributed by atoms with Crippen molar-refractivity contribution >= 4 is 23.0 Å². The van der Waals surface area contributed by atoms with Gasteiger partial charge in [0.1, 0.15) is 11.5 Å². The van der Waals surface area contributed by atoms with Gasteiger partial charge in [-0.1, -0.05) is 0 Å². The molecular weight excluding hydrogens is 324 g/mol. The van der Waals surface area contributed by atoms with Gasteiger partial charge in [-0.25, -0.2) is 4.98 Å². The topological polar surface area (TPSA) is 63.4 Å². The molecule has 0 unspecified atom stereocenters. The number of fused-ring (bicyclic) bond motifs is 1. The highest BCUT2D eigenvalue weighted by Crippen LogP contribution is 2.33. The van der Waals surface area contributed by atoms with Crippen LogP contribution in [0.3, 0.4) is 0 Å². The number of hydrogen-bond donors (Lipinski definition) is 0. The smallest absolute Gasteiger partial charge is 0.258 e. The van der Waals surface area contributed by atoms with Crippen LogP contribution >= 0.6 is 11.3 Å². The molecule has 5 nitrogen and oxygen atoms in total. The predicted octanol–water partition coefficient (Wildman–Crippen LogP) is 4.01. The molecule has 24 heavy (non-hydrogen) atoms. The summed E-state index contributed by atoms with van der Waals surface area (Å²) in [6.07, 6.45) is 1.99. The van der Waals surface area contributed by atoms with Crippen LogP contribution in [-0.2, 0) is 6.42 Å². The summed E-state index contributed by atoms with van der Waals surface area (Å²) >= 11 is 1.63. The molecule has 1 atom stereocenters. The van der Waals surface area contributed by atoms with Gasteiger partial charge in [-0.3, -0.25) is 9.59 Å². The summed E-state index contributed by atoms with van der Waals surface area (Å²) in [6, 6.07) is -0.161. The van der Waals surface area contributed by atoms with E-state index in [1.165, 1.54) is 0 Å². The molecule has 0 saturated carbocycles. The van der Waals surface area contributed by atoms with Crippen molar-refractivity contribution in [1.82, 2.24) is 9.88 Å². The molecule has 1 aliphatic carbocycles. The lowest BCUT2D eigenvalue weighted by molar-refractivity contribution is 0.0733. The third-order valence-corrected chi connectivity index (χ3v) is 5.60. The summed E-state index contributed by atoms with van der Waals surface area (Å²) in [4.78, 5) is 32.7. The molecule has 0 aliphatic heterocycles. The fourth-order valence-corrected chi connectivity index (χ4v) is 4.24. The molecule has 2 aromatic heterocycles. The number of ketones is 1. The maximum absolute atomic E-state index is 13.1. The summed E-state index contributed by atoms with van der Waals surface area (Å²) in [6.45, 7) is 7.70. The lowest BCUT2D eigenvalue weighted by Crippen LogP contribution is -2.31. The van der Waals surface area contributed by atoms with Crippen LogP contribution in [0.4, 0.5) is 0 Å². The summed E-state index contributed by atoms with van der Waals surface area (Å²) in [7, 11) is 1.76. The summed E-state index contributed by atoms with van der Waals surface area (Å²) in [5.74, 6) is 1.03. The van der Waals surface area contributed by atoms with Gasteiger partial charge < -0.3 is 9.32 Å². The number of carbonyl (C=O) groups is 2. The molecule has 1 aliphatic rings. The second-order valence-electron chi connectivity index (χ2n) is 6.37. The van der Waals surface area contributed by atoms with E-state index >= 15 is 0 Å². The number of amides is 1. The number of rotatable bonds is 3. The van der Waals surface area contributed by atoms with Crippen LogP contribution in [0.2, 0.25) is 0 Å². The number of Topliss-reactive ketones (excluding diaryl/α,β-unsaturated/α-hetero) is 1. The first-order valence-electron chi connectivity index (χ1n) is 8.17. The number of aromatic nitrogens is 1. The van der Waals surface area contributed by atoms with Gasteiger partial charge in [0, 0.05) is 24.8 Å². The Morgan fingerprint density at radius 3 is 2.62 bits per heavy atom. The second-order valence-corrected chi connectivity index (χ2v) is 7.78. The van der Waals surface area contributed by atoms with E-state index in [9.17, 15) is 9.59 Å². The monoisotopic (exact) mass is 346 g/mol. The highest BCUT2D eigenvalue weighted by Gasteiger charge is 2.33. The number of thiazole rings is 1. The van der Waals surface area contributed by atoms with Gasteiger partial charge in [0.15, 0.2) is 5.78 Å². The minimum absolute atomic E-state index is 0.0122. The Balaban J connectivity index is 1.96. The largest absolute Gasteiger partial charge is 0.465 e. The molecule has 128 valence electrons. The first kappa shape index (κ1) is 16.9. The summed E-state index contributed by atoms with van der Waals surface area (Å²) in [5.41, 5.74) is 1.83. The Morgan fingerprint density at radius 1 is 1.29 bits per heavy atom. The lowest BCUT2D eigenvalue weighted by Gasteiger charge is -2.25. The van der Waals surface area contributed by atoms with E-state index in [1.54, 1.807) is 30.2 Å². The molecule has 0 spiro atoms. The van der Waals surface area contributed by atoms with Gasteiger partial charge in [-0.2, -0.15) is 0 Å². The Labute approximate surface area is 145 Å². The van der Waals surface area contributed by atoms with E-state index in [1.807, 2.05) is 20.8 Å². The van der Waals surface area contributed by atoms with Crippen molar-refractivity contribution in [3.8, 4) is 0 Å². The molecule has 0 aromatic carbocycles. The van der Waals surface area contributed by atoms with E-state index in [4.69, 9.17) is 4.42 Å². The zero-order valence-corrected chi connectivity index (χ0v) is 15.5. The maximum Gasteiger partial charge on any atom is 0.258 e. The maximum atomic E-state index is 13.1. The van der Waals surface area contributed by atoms with E-state index in [0.29, 0.717) is 29.1 Å². The van der Waals surface area contributed by atoms with Crippen molar-refractivity contribution in [2.24, 2.45) is 0 Å². The summed E-state index contributed by atoms with van der Waals surface area (Å²) < 4.78 is 5.71. The van der Waals surface area contributed by atoms with Crippen LogP contribution in [0, 0.1) is 20.8 Å². The molecule has 6 heteroatoms. The van der Waals surface area contributed by atoms with Gasteiger partial charge in [0.05, 0.1) is 27.9 Å². The number of aryl methyl sites for hydroxylation is 4. The molecule has 2 heterocycles. The highest BCUT2D eigenvalue weighted by molar-refractivity contribution is 7.11. The highest BCUT2D eigenvalue weighted by atomic mass is 32.1. The Morgan fingerprint density at radius 2 is 2.00 bits per heavy atom. The van der Waals surface area contributed by atoms with Crippen molar-refractivity contribution in [1.29, 1.82) is 0 Å². The quantitative estimate of drug-likeness (QED) is 0.842. The van der Waals surface area contributed by atoms with E-state index in [0.717, 1.165) is 28.4 Å². The first-order valence-corrected chi connectivity index (χ1v) is 8.99. The van der Waals surface area contributed by atoms with Crippen molar-refractivity contribution in [3.63, 3.8) is 0 Å². The first-order chi connectivity index (χ1) is 11.3. The zero-order valence-electron chi connectivity index (χ0n) is 14.7. The number of furan rings is 1. The average Bonchev–Trinajstić information content (AvgIpc) is 3.04. The Kier molecular flexibility index (Phi) is 4.34. The van der Waals surface area contributed by atoms with Crippen LogP contribution in [-0.4, -0.2) is 28.6 Å². The summed E-state index contributed by atoms with van der Waals surface area (Å²) in [5, 5.41) is 0.988. The van der Waals surface area contributed by atoms with Crippen LogP contribution in [0.1, 0.15) is 73.6 Å². The van der Waals surface area contributed by atoms with Gasteiger partial charge in [-0.05, 0) is 34.1 Å². The minimum Gasteiger partial charge on any atom is -0.465 e. The Bertz CT molecular complexity index is 819. The van der Waals surface area contributed by atoms with E-state index < -0.39 is 0 Å². The van der Waals surface area contributed by atoms with Gasteiger partial charge >= 0.3 is 0 Å². The van der Waals surface area contributed by atoms with Gasteiger partial charge in [0.25, 0.3) is 5.91 Å². The molecule has 3 rings (SSSR count). The van der Waals surface area contributed by atoms with Gasteiger partial charge in [-0.15, -0.1) is 11.3 Å². The minimum atomic E-state index is -0.176. The van der Waals surface area contributed by atoms with Crippen molar-refractivity contribution < 1.29 is 14.0 Å². The van der Waals surface area contributed by atoms with Crippen molar-refractivity contribution in [2.75, 3.05) is 7.05 Å². The fourth-order valence-electron chi connectivity index (χ4n) is 3.33. The molecular formula is C18H22N2O3S. The predicted molar refractivity (Wildman–Crippen MR) is 92.8 cm³/mol. The van der Waals surface area contributed by atoms with Gasteiger partial charge in [0.2, 0.25) is 0 Å². The fraction of sp³-hybridized carbons (Fsp3) is 0.500.